The number of benzene rings is 2. The Labute approximate surface area is 111 Å². The van der Waals surface area contributed by atoms with E-state index in [1.54, 1.807) is 0 Å². The molecule has 0 amide bonds. The maximum Gasteiger partial charge on any atom is 0.129 e. The summed E-state index contributed by atoms with van der Waals surface area (Å²) < 4.78 is 26.1. The Bertz CT molecular complexity index is 526. The molecule has 19 heavy (non-hydrogen) atoms. The minimum absolute atomic E-state index is 0.488. The zero-order valence-corrected chi connectivity index (χ0v) is 10.5. The predicted molar refractivity (Wildman–Crippen MR) is 70.7 cm³/mol. The van der Waals surface area contributed by atoms with E-state index in [-0.39, 0.29) is 0 Å². The Balaban J connectivity index is 1.86. The number of rotatable bonds is 5. The van der Waals surface area contributed by atoms with Gasteiger partial charge in [0.15, 0.2) is 0 Å². The van der Waals surface area contributed by atoms with Gasteiger partial charge in [-0.3, -0.25) is 0 Å². The van der Waals surface area contributed by atoms with Crippen molar-refractivity contribution in [2.75, 3.05) is 0 Å². The van der Waals surface area contributed by atoms with E-state index in [0.29, 0.717) is 24.8 Å². The van der Waals surface area contributed by atoms with Crippen LogP contribution in [0.5, 0.6) is 0 Å². The Morgan fingerprint density at radius 2 is 1.74 bits per heavy atom. The minimum Gasteiger partial charge on any atom is -0.388 e. The number of aliphatic hydroxyl groups is 1. The molecule has 0 bridgehead atoms. The van der Waals surface area contributed by atoms with E-state index in [0.717, 1.165) is 11.6 Å². The van der Waals surface area contributed by atoms with Crippen molar-refractivity contribution in [1.29, 1.82) is 0 Å². The van der Waals surface area contributed by atoms with Gasteiger partial charge in [-0.25, -0.2) is 8.78 Å². The monoisotopic (exact) mass is 262 g/mol. The lowest BCUT2D eigenvalue weighted by Crippen LogP contribution is -1.99. The number of aryl methyl sites for hydroxylation is 1. The fourth-order valence-corrected chi connectivity index (χ4v) is 2.05. The third kappa shape index (κ3) is 3.86. The maximum atomic E-state index is 13.4. The van der Waals surface area contributed by atoms with E-state index >= 15 is 0 Å². The first-order valence-electron chi connectivity index (χ1n) is 6.34. The molecule has 0 aromatic heterocycles. The summed E-state index contributed by atoms with van der Waals surface area (Å²) in [7, 11) is 0. The van der Waals surface area contributed by atoms with Crippen LogP contribution >= 0.6 is 0 Å². The van der Waals surface area contributed by atoms with Crippen LogP contribution in [0.25, 0.3) is 0 Å². The van der Waals surface area contributed by atoms with Crippen LogP contribution in [0, 0.1) is 11.6 Å². The molecule has 0 aliphatic heterocycles. The molecule has 1 N–H and O–H groups in total. The summed E-state index contributed by atoms with van der Waals surface area (Å²) in [6.07, 6.45) is 1.17. The number of hydrogen-bond acceptors (Lipinski definition) is 1. The topological polar surface area (TPSA) is 20.2 Å². The Hall–Kier alpha value is -1.74. The van der Waals surface area contributed by atoms with Crippen LogP contribution in [-0.4, -0.2) is 5.11 Å². The van der Waals surface area contributed by atoms with Gasteiger partial charge in [0.25, 0.3) is 0 Å². The van der Waals surface area contributed by atoms with Gasteiger partial charge in [0.2, 0.25) is 0 Å². The van der Waals surface area contributed by atoms with Gasteiger partial charge in [-0.15, -0.1) is 0 Å². The molecule has 0 radical (unpaired) electrons. The lowest BCUT2D eigenvalue weighted by Gasteiger charge is -2.10. The smallest absolute Gasteiger partial charge is 0.129 e. The molecule has 3 heteroatoms. The largest absolute Gasteiger partial charge is 0.388 e. The summed E-state index contributed by atoms with van der Waals surface area (Å²) >= 11 is 0. The SMILES string of the molecule is OC(CCCc1ccc(F)cc1F)c1ccccc1. The lowest BCUT2D eigenvalue weighted by molar-refractivity contribution is 0.164. The summed E-state index contributed by atoms with van der Waals surface area (Å²) in [6.45, 7) is 0. The van der Waals surface area contributed by atoms with Crippen molar-refractivity contribution in [3.8, 4) is 0 Å². The van der Waals surface area contributed by atoms with E-state index in [9.17, 15) is 13.9 Å². The van der Waals surface area contributed by atoms with Crippen molar-refractivity contribution < 1.29 is 13.9 Å². The molecule has 0 saturated heterocycles. The van der Waals surface area contributed by atoms with Crippen LogP contribution in [0.4, 0.5) is 8.78 Å². The van der Waals surface area contributed by atoms with E-state index in [1.807, 2.05) is 30.3 Å². The number of hydrogen-bond donors (Lipinski definition) is 1. The molecule has 1 unspecified atom stereocenters. The highest BCUT2D eigenvalue weighted by atomic mass is 19.1. The average molecular weight is 262 g/mol. The summed E-state index contributed by atoms with van der Waals surface area (Å²) in [5, 5.41) is 9.96. The fraction of sp³-hybridized carbons (Fsp3) is 0.250. The summed E-state index contributed by atoms with van der Waals surface area (Å²) in [5.41, 5.74) is 1.35. The van der Waals surface area contributed by atoms with Crippen LogP contribution < -0.4 is 0 Å². The van der Waals surface area contributed by atoms with Gasteiger partial charge < -0.3 is 5.11 Å². The molecular formula is C16H16F2O. The highest BCUT2D eigenvalue weighted by Gasteiger charge is 2.08. The quantitative estimate of drug-likeness (QED) is 0.862. The highest BCUT2D eigenvalue weighted by Crippen LogP contribution is 2.20. The highest BCUT2D eigenvalue weighted by molar-refractivity contribution is 5.19. The van der Waals surface area contributed by atoms with Crippen molar-refractivity contribution in [2.24, 2.45) is 0 Å². The van der Waals surface area contributed by atoms with Gasteiger partial charge >= 0.3 is 0 Å². The normalized spacial score (nSPS) is 12.4. The van der Waals surface area contributed by atoms with E-state index < -0.39 is 17.7 Å². The number of aliphatic hydroxyl groups excluding tert-OH is 1. The van der Waals surface area contributed by atoms with Crippen molar-refractivity contribution in [3.05, 3.63) is 71.3 Å². The fourth-order valence-electron chi connectivity index (χ4n) is 2.05. The third-order valence-corrected chi connectivity index (χ3v) is 3.12. The van der Waals surface area contributed by atoms with Crippen molar-refractivity contribution in [3.63, 3.8) is 0 Å². The van der Waals surface area contributed by atoms with Crippen molar-refractivity contribution in [1.82, 2.24) is 0 Å². The zero-order valence-electron chi connectivity index (χ0n) is 10.5. The van der Waals surface area contributed by atoms with Crippen LogP contribution in [0.2, 0.25) is 0 Å². The van der Waals surface area contributed by atoms with Crippen LogP contribution in [0.1, 0.15) is 30.1 Å². The third-order valence-electron chi connectivity index (χ3n) is 3.12. The van der Waals surface area contributed by atoms with Gasteiger partial charge in [0, 0.05) is 6.07 Å². The molecule has 1 nitrogen and oxygen atoms in total. The van der Waals surface area contributed by atoms with E-state index in [4.69, 9.17) is 0 Å². The second-order valence-corrected chi connectivity index (χ2v) is 4.55. The Kier molecular flexibility index (Phi) is 4.63. The van der Waals surface area contributed by atoms with Crippen LogP contribution in [-0.2, 0) is 6.42 Å². The number of halogens is 2. The Morgan fingerprint density at radius 1 is 1.00 bits per heavy atom. The molecule has 0 saturated carbocycles. The standard InChI is InChI=1S/C16H16F2O/c17-14-10-9-12(15(18)11-14)7-4-8-16(19)13-5-2-1-3-6-13/h1-3,5-6,9-11,16,19H,4,7-8H2. The predicted octanol–water partition coefficient (Wildman–Crippen LogP) is 4.02. The van der Waals surface area contributed by atoms with E-state index in [2.05, 4.69) is 0 Å². The minimum atomic E-state index is -0.564. The molecule has 2 rings (SSSR count). The average Bonchev–Trinajstić information content (AvgIpc) is 2.42. The molecule has 2 aromatic carbocycles. The summed E-state index contributed by atoms with van der Waals surface area (Å²) in [5.74, 6) is -1.08. The molecule has 2 aromatic rings. The van der Waals surface area contributed by atoms with Crippen molar-refractivity contribution in [2.45, 2.75) is 25.4 Å². The van der Waals surface area contributed by atoms with Gasteiger partial charge in [0.1, 0.15) is 11.6 Å². The molecule has 100 valence electrons. The maximum absolute atomic E-state index is 13.4. The van der Waals surface area contributed by atoms with Crippen molar-refractivity contribution >= 4 is 0 Å². The van der Waals surface area contributed by atoms with Gasteiger partial charge in [-0.2, -0.15) is 0 Å². The molecular weight excluding hydrogens is 246 g/mol. The van der Waals surface area contributed by atoms with Gasteiger partial charge in [0.05, 0.1) is 6.10 Å². The second kappa shape index (κ2) is 6.43. The molecule has 1 atom stereocenters. The molecule has 0 aliphatic carbocycles. The summed E-state index contributed by atoms with van der Waals surface area (Å²) in [6, 6.07) is 13.0. The van der Waals surface area contributed by atoms with E-state index in [1.165, 1.54) is 12.1 Å². The van der Waals surface area contributed by atoms with Crippen LogP contribution in [0.3, 0.4) is 0 Å². The first-order valence-corrected chi connectivity index (χ1v) is 6.34. The zero-order chi connectivity index (χ0) is 13.7. The first-order chi connectivity index (χ1) is 9.16. The Morgan fingerprint density at radius 3 is 2.42 bits per heavy atom. The van der Waals surface area contributed by atoms with Gasteiger partial charge in [-0.05, 0) is 36.5 Å². The molecule has 0 heterocycles. The molecule has 0 fully saturated rings. The lowest BCUT2D eigenvalue weighted by atomic mass is 10.0. The van der Waals surface area contributed by atoms with Gasteiger partial charge in [-0.1, -0.05) is 36.4 Å². The first kappa shape index (κ1) is 13.7. The molecule has 0 aliphatic rings. The second-order valence-electron chi connectivity index (χ2n) is 4.55. The molecule has 0 spiro atoms. The van der Waals surface area contributed by atoms with Crippen LogP contribution in [0.15, 0.2) is 48.5 Å². The summed E-state index contributed by atoms with van der Waals surface area (Å²) in [4.78, 5) is 0.